The van der Waals surface area contributed by atoms with Crippen LogP contribution in [0.4, 0.5) is 8.78 Å². The van der Waals surface area contributed by atoms with Gasteiger partial charge < -0.3 is 0 Å². The second-order valence-electron chi connectivity index (χ2n) is 3.74. The van der Waals surface area contributed by atoms with Crippen LogP contribution in [-0.2, 0) is 5.92 Å². The van der Waals surface area contributed by atoms with E-state index in [0.29, 0.717) is 0 Å². The fraction of sp³-hybridized carbons (Fsp3) is 0.167. The minimum absolute atomic E-state index is 0.176. The molecule has 0 saturated heterocycles. The lowest BCUT2D eigenvalue weighted by molar-refractivity contribution is 0.00467. The summed E-state index contributed by atoms with van der Waals surface area (Å²) in [5.41, 5.74) is 0.934. The molecule has 2 aromatic rings. The van der Waals surface area contributed by atoms with Crippen LogP contribution >= 0.6 is 22.6 Å². The van der Waals surface area contributed by atoms with Gasteiger partial charge in [-0.25, -0.2) is 0 Å². The quantitative estimate of drug-likeness (QED) is 0.498. The van der Waals surface area contributed by atoms with Gasteiger partial charge in [-0.1, -0.05) is 59.0 Å². The van der Waals surface area contributed by atoms with Gasteiger partial charge in [0.05, 0.1) is 0 Å². The predicted molar refractivity (Wildman–Crippen MR) is 64.6 cm³/mol. The van der Waals surface area contributed by atoms with Crippen LogP contribution in [0.15, 0.2) is 36.4 Å². The second-order valence-corrected chi connectivity index (χ2v) is 4.98. The van der Waals surface area contributed by atoms with Gasteiger partial charge in [0.15, 0.2) is 0 Å². The maximum Gasteiger partial charge on any atom is 0.289 e. The standard InChI is InChI=1S/C12H7F2I/c13-12(14)9-6-2-4-7-3-1-5-8(10(7)9)11(12)15/h1-6,11H/t11-/m0/s1. The summed E-state index contributed by atoms with van der Waals surface area (Å²) in [4.78, 5) is 0. The maximum atomic E-state index is 13.9. The Labute approximate surface area is 99.4 Å². The molecule has 1 atom stereocenters. The van der Waals surface area contributed by atoms with E-state index in [1.54, 1.807) is 12.1 Å². The Morgan fingerprint density at radius 2 is 1.73 bits per heavy atom. The molecule has 0 aliphatic heterocycles. The fourth-order valence-corrected chi connectivity index (χ4v) is 3.05. The molecule has 0 saturated carbocycles. The zero-order valence-corrected chi connectivity index (χ0v) is 9.83. The average molecular weight is 316 g/mol. The lowest BCUT2D eigenvalue weighted by atomic mass is 10.1. The monoisotopic (exact) mass is 316 g/mol. The summed E-state index contributed by atoms with van der Waals surface area (Å²) in [6, 6.07) is 10.6. The van der Waals surface area contributed by atoms with Crippen molar-refractivity contribution in [3.63, 3.8) is 0 Å². The lowest BCUT2D eigenvalue weighted by Gasteiger charge is -2.14. The van der Waals surface area contributed by atoms with Crippen molar-refractivity contribution < 1.29 is 8.78 Å². The number of hydrogen-bond acceptors (Lipinski definition) is 0. The Bertz CT molecular complexity index is 543. The van der Waals surface area contributed by atoms with Crippen LogP contribution in [0, 0.1) is 0 Å². The molecular formula is C12H7F2I. The largest absolute Gasteiger partial charge is 0.289 e. The molecule has 0 heterocycles. The van der Waals surface area contributed by atoms with Crippen molar-refractivity contribution in [1.82, 2.24) is 0 Å². The molecule has 76 valence electrons. The number of alkyl halides is 3. The smallest absolute Gasteiger partial charge is 0.200 e. The maximum absolute atomic E-state index is 13.9. The van der Waals surface area contributed by atoms with Crippen molar-refractivity contribution in [3.8, 4) is 0 Å². The summed E-state index contributed by atoms with van der Waals surface area (Å²) in [5, 5.41) is 1.65. The van der Waals surface area contributed by atoms with Crippen molar-refractivity contribution >= 4 is 33.4 Å². The van der Waals surface area contributed by atoms with Crippen LogP contribution in [0.5, 0.6) is 0 Å². The first-order valence-corrected chi connectivity index (χ1v) is 5.91. The Hall–Kier alpha value is -0.710. The number of benzene rings is 2. The summed E-state index contributed by atoms with van der Waals surface area (Å²) in [7, 11) is 0. The van der Waals surface area contributed by atoms with E-state index in [0.717, 1.165) is 16.3 Å². The molecule has 0 radical (unpaired) electrons. The molecule has 15 heavy (non-hydrogen) atoms. The SMILES string of the molecule is FC1(F)c2cccc3cccc(c23)[C@@H]1I. The first-order valence-electron chi connectivity index (χ1n) is 4.66. The van der Waals surface area contributed by atoms with E-state index in [1.165, 1.54) is 6.07 Å². The van der Waals surface area contributed by atoms with Gasteiger partial charge in [0.2, 0.25) is 0 Å². The Morgan fingerprint density at radius 1 is 1.07 bits per heavy atom. The van der Waals surface area contributed by atoms with E-state index in [-0.39, 0.29) is 5.56 Å². The van der Waals surface area contributed by atoms with E-state index in [2.05, 4.69) is 0 Å². The molecule has 1 aliphatic rings. The highest BCUT2D eigenvalue weighted by Gasteiger charge is 2.47. The summed E-state index contributed by atoms with van der Waals surface area (Å²) in [5.74, 6) is -2.73. The molecule has 0 fully saturated rings. The third kappa shape index (κ3) is 1.10. The highest BCUT2D eigenvalue weighted by Crippen LogP contribution is 2.55. The van der Waals surface area contributed by atoms with Crippen molar-refractivity contribution in [2.24, 2.45) is 0 Å². The molecular weight excluding hydrogens is 309 g/mol. The van der Waals surface area contributed by atoms with Gasteiger partial charge in [-0.2, -0.15) is 8.78 Å². The summed E-state index contributed by atoms with van der Waals surface area (Å²) in [6.45, 7) is 0. The highest BCUT2D eigenvalue weighted by atomic mass is 127. The van der Waals surface area contributed by atoms with Crippen molar-refractivity contribution in [2.45, 2.75) is 9.85 Å². The third-order valence-electron chi connectivity index (χ3n) is 2.89. The topological polar surface area (TPSA) is 0 Å². The minimum Gasteiger partial charge on any atom is -0.200 e. The van der Waals surface area contributed by atoms with E-state index >= 15 is 0 Å². The molecule has 0 nitrogen and oxygen atoms in total. The molecule has 0 unspecified atom stereocenters. The van der Waals surface area contributed by atoms with E-state index < -0.39 is 9.85 Å². The third-order valence-corrected chi connectivity index (χ3v) is 4.34. The molecule has 3 heteroatoms. The van der Waals surface area contributed by atoms with Crippen LogP contribution in [0.3, 0.4) is 0 Å². The molecule has 1 aliphatic carbocycles. The Balaban J connectivity index is 2.51. The zero-order valence-electron chi connectivity index (χ0n) is 7.68. The van der Waals surface area contributed by atoms with Crippen molar-refractivity contribution in [2.75, 3.05) is 0 Å². The first kappa shape index (κ1) is 9.51. The minimum atomic E-state index is -2.73. The van der Waals surface area contributed by atoms with Crippen LogP contribution in [-0.4, -0.2) is 0 Å². The number of halogens is 3. The number of hydrogen-bond donors (Lipinski definition) is 0. The first-order chi connectivity index (χ1) is 7.12. The van der Waals surface area contributed by atoms with Crippen LogP contribution in [0.1, 0.15) is 15.1 Å². The molecule has 3 rings (SSSR count). The van der Waals surface area contributed by atoms with Crippen LogP contribution < -0.4 is 0 Å². The fourth-order valence-electron chi connectivity index (χ4n) is 2.19. The van der Waals surface area contributed by atoms with Gasteiger partial charge in [-0.3, -0.25) is 0 Å². The molecule has 0 bridgehead atoms. The van der Waals surface area contributed by atoms with Gasteiger partial charge in [-0.15, -0.1) is 0 Å². The summed E-state index contributed by atoms with van der Waals surface area (Å²) < 4.78 is 27.1. The van der Waals surface area contributed by atoms with E-state index in [4.69, 9.17) is 0 Å². The molecule has 2 aromatic carbocycles. The average Bonchev–Trinajstić information content (AvgIpc) is 2.43. The Morgan fingerprint density at radius 3 is 2.47 bits per heavy atom. The molecule has 0 spiro atoms. The van der Waals surface area contributed by atoms with Gasteiger partial charge in [-0.05, 0) is 16.3 Å². The molecule has 0 amide bonds. The van der Waals surface area contributed by atoms with Crippen molar-refractivity contribution in [1.29, 1.82) is 0 Å². The summed E-state index contributed by atoms with van der Waals surface area (Å²) >= 11 is 1.83. The van der Waals surface area contributed by atoms with Crippen LogP contribution in [0.25, 0.3) is 10.8 Å². The lowest BCUT2D eigenvalue weighted by Crippen LogP contribution is -2.13. The van der Waals surface area contributed by atoms with E-state index in [1.807, 2.05) is 40.8 Å². The van der Waals surface area contributed by atoms with Gasteiger partial charge in [0.25, 0.3) is 5.92 Å². The van der Waals surface area contributed by atoms with Crippen LogP contribution in [0.2, 0.25) is 0 Å². The Kier molecular flexibility index (Phi) is 1.84. The second kappa shape index (κ2) is 2.90. The van der Waals surface area contributed by atoms with E-state index in [9.17, 15) is 8.78 Å². The number of rotatable bonds is 0. The normalized spacial score (nSPS) is 22.2. The highest BCUT2D eigenvalue weighted by molar-refractivity contribution is 14.1. The van der Waals surface area contributed by atoms with Crippen molar-refractivity contribution in [3.05, 3.63) is 47.5 Å². The summed E-state index contributed by atoms with van der Waals surface area (Å²) in [6.07, 6.45) is 0. The molecule has 0 aromatic heterocycles. The zero-order chi connectivity index (χ0) is 10.6. The molecule has 0 N–H and O–H groups in total. The van der Waals surface area contributed by atoms with Gasteiger partial charge >= 0.3 is 0 Å². The van der Waals surface area contributed by atoms with Gasteiger partial charge in [0, 0.05) is 5.56 Å². The predicted octanol–water partition coefficient (Wildman–Crippen LogP) is 4.42. The van der Waals surface area contributed by atoms with Gasteiger partial charge in [0.1, 0.15) is 3.92 Å².